The van der Waals surface area contributed by atoms with Gasteiger partial charge in [-0.05, 0) is 42.0 Å². The summed E-state index contributed by atoms with van der Waals surface area (Å²) in [6.45, 7) is 1.40. The molecule has 134 valence electrons. The molecule has 3 aromatic carbocycles. The van der Waals surface area contributed by atoms with E-state index in [1.807, 2.05) is 24.3 Å². The van der Waals surface area contributed by atoms with Crippen molar-refractivity contribution in [1.82, 2.24) is 4.72 Å². The number of carbonyl (C=O) groups is 1. The average Bonchev–Trinajstić information content (AvgIpc) is 2.62. The Bertz CT molecular complexity index is 1070. The second-order valence-corrected chi connectivity index (χ2v) is 7.54. The molecule has 0 aliphatic carbocycles. The molecule has 0 aliphatic heterocycles. The number of halogens is 1. The van der Waals surface area contributed by atoms with E-state index in [2.05, 4.69) is 10.0 Å². The number of nitrogens with one attached hydrogen (secondary N) is 2. The topological polar surface area (TPSA) is 75.3 Å². The van der Waals surface area contributed by atoms with Gasteiger partial charge in [0.05, 0.1) is 16.6 Å². The van der Waals surface area contributed by atoms with Crippen LogP contribution in [0.2, 0.25) is 0 Å². The normalized spacial score (nSPS) is 12.7. The molecule has 0 saturated carbocycles. The van der Waals surface area contributed by atoms with E-state index in [1.54, 1.807) is 18.2 Å². The fourth-order valence-electron chi connectivity index (χ4n) is 2.49. The van der Waals surface area contributed by atoms with Crippen molar-refractivity contribution in [3.05, 3.63) is 72.5 Å². The Hall–Kier alpha value is -2.77. The van der Waals surface area contributed by atoms with Gasteiger partial charge in [0.25, 0.3) is 0 Å². The molecular formula is C19H17FN2O3S. The van der Waals surface area contributed by atoms with Gasteiger partial charge in [0.1, 0.15) is 5.82 Å². The first kappa shape index (κ1) is 18.0. The standard InChI is InChI=1S/C19H17FN2O3S/c1-13(19(23)21-18-9-5-4-8-17(18)20)22-26(24,25)16-11-10-14-6-2-3-7-15(14)12-16/h2-13,22H,1H3,(H,21,23)/t13-/m0/s1. The Labute approximate surface area is 150 Å². The molecule has 0 fully saturated rings. The summed E-state index contributed by atoms with van der Waals surface area (Å²) in [5.74, 6) is -1.25. The number of sulfonamides is 1. The molecule has 3 aromatic rings. The van der Waals surface area contributed by atoms with Gasteiger partial charge in [-0.25, -0.2) is 12.8 Å². The smallest absolute Gasteiger partial charge is 0.242 e. The molecule has 0 spiro atoms. The van der Waals surface area contributed by atoms with Crippen molar-refractivity contribution in [3.63, 3.8) is 0 Å². The number of hydrogen-bond acceptors (Lipinski definition) is 3. The van der Waals surface area contributed by atoms with Gasteiger partial charge in [0.2, 0.25) is 15.9 Å². The highest BCUT2D eigenvalue weighted by Gasteiger charge is 2.22. The Kier molecular flexibility index (Phi) is 5.01. The molecule has 0 unspecified atom stereocenters. The first-order chi connectivity index (χ1) is 12.4. The van der Waals surface area contributed by atoms with Crippen LogP contribution in [0.3, 0.4) is 0 Å². The Balaban J connectivity index is 1.77. The fourth-order valence-corrected chi connectivity index (χ4v) is 3.73. The summed E-state index contributed by atoms with van der Waals surface area (Å²) in [6.07, 6.45) is 0. The third kappa shape index (κ3) is 3.89. The number of fused-ring (bicyclic) bond motifs is 1. The van der Waals surface area contributed by atoms with E-state index >= 15 is 0 Å². The Morgan fingerprint density at radius 1 is 0.962 bits per heavy atom. The van der Waals surface area contributed by atoms with Crippen LogP contribution in [0.1, 0.15) is 6.92 Å². The lowest BCUT2D eigenvalue weighted by Crippen LogP contribution is -2.41. The van der Waals surface area contributed by atoms with Crippen LogP contribution in [-0.2, 0) is 14.8 Å². The van der Waals surface area contributed by atoms with Crippen LogP contribution in [0.4, 0.5) is 10.1 Å². The number of hydrogen-bond donors (Lipinski definition) is 2. The highest BCUT2D eigenvalue weighted by atomic mass is 32.2. The predicted octanol–water partition coefficient (Wildman–Crippen LogP) is 3.28. The van der Waals surface area contributed by atoms with E-state index in [0.717, 1.165) is 10.8 Å². The lowest BCUT2D eigenvalue weighted by molar-refractivity contribution is -0.117. The van der Waals surface area contributed by atoms with Gasteiger partial charge in [0, 0.05) is 0 Å². The van der Waals surface area contributed by atoms with E-state index in [9.17, 15) is 17.6 Å². The quantitative estimate of drug-likeness (QED) is 0.722. The third-order valence-electron chi connectivity index (χ3n) is 3.89. The molecule has 0 bridgehead atoms. The summed E-state index contributed by atoms with van der Waals surface area (Å²) in [4.78, 5) is 12.2. The van der Waals surface area contributed by atoms with E-state index < -0.39 is 27.8 Å². The van der Waals surface area contributed by atoms with Crippen LogP contribution in [0, 0.1) is 5.82 Å². The molecule has 1 amide bonds. The molecule has 0 saturated heterocycles. The lowest BCUT2D eigenvalue weighted by Gasteiger charge is -2.15. The van der Waals surface area contributed by atoms with Crippen molar-refractivity contribution in [2.45, 2.75) is 17.9 Å². The van der Waals surface area contributed by atoms with Gasteiger partial charge in [-0.15, -0.1) is 0 Å². The summed E-state index contributed by atoms with van der Waals surface area (Å²) in [6, 6.07) is 16.7. The Morgan fingerprint density at radius 3 is 2.35 bits per heavy atom. The number of amides is 1. The molecule has 1 atom stereocenters. The minimum Gasteiger partial charge on any atom is -0.322 e. The molecule has 0 radical (unpaired) electrons. The number of rotatable bonds is 5. The van der Waals surface area contributed by atoms with Crippen molar-refractivity contribution in [3.8, 4) is 0 Å². The molecule has 0 aromatic heterocycles. The summed E-state index contributed by atoms with van der Waals surface area (Å²) < 4.78 is 41.0. The molecule has 3 rings (SSSR count). The summed E-state index contributed by atoms with van der Waals surface area (Å²) in [5, 5.41) is 4.06. The van der Waals surface area contributed by atoms with Gasteiger partial charge in [0.15, 0.2) is 0 Å². The molecule has 7 heteroatoms. The van der Waals surface area contributed by atoms with Crippen LogP contribution in [0.15, 0.2) is 71.6 Å². The zero-order valence-electron chi connectivity index (χ0n) is 13.9. The van der Waals surface area contributed by atoms with Crippen LogP contribution in [0.5, 0.6) is 0 Å². The van der Waals surface area contributed by atoms with Crippen molar-refractivity contribution in [1.29, 1.82) is 0 Å². The number of benzene rings is 3. The van der Waals surface area contributed by atoms with Gasteiger partial charge in [-0.2, -0.15) is 4.72 Å². The van der Waals surface area contributed by atoms with Crippen LogP contribution in [-0.4, -0.2) is 20.4 Å². The van der Waals surface area contributed by atoms with Gasteiger partial charge in [-0.1, -0.05) is 42.5 Å². The zero-order valence-corrected chi connectivity index (χ0v) is 14.8. The molecule has 2 N–H and O–H groups in total. The van der Waals surface area contributed by atoms with Gasteiger partial charge >= 0.3 is 0 Å². The van der Waals surface area contributed by atoms with E-state index in [1.165, 1.54) is 31.2 Å². The minimum absolute atomic E-state index is 0.00532. The monoisotopic (exact) mass is 372 g/mol. The SMILES string of the molecule is C[C@H](NS(=O)(=O)c1ccc2ccccc2c1)C(=O)Nc1ccccc1F. The maximum atomic E-state index is 13.6. The lowest BCUT2D eigenvalue weighted by atomic mass is 10.1. The highest BCUT2D eigenvalue weighted by molar-refractivity contribution is 7.89. The van der Waals surface area contributed by atoms with Gasteiger partial charge in [-0.3, -0.25) is 4.79 Å². The molecule has 0 heterocycles. The first-order valence-electron chi connectivity index (χ1n) is 7.93. The summed E-state index contributed by atoms with van der Waals surface area (Å²) >= 11 is 0. The van der Waals surface area contributed by atoms with Crippen LogP contribution >= 0.6 is 0 Å². The second kappa shape index (κ2) is 7.23. The van der Waals surface area contributed by atoms with Crippen LogP contribution in [0.25, 0.3) is 10.8 Å². The molecule has 26 heavy (non-hydrogen) atoms. The maximum Gasteiger partial charge on any atom is 0.242 e. The zero-order chi connectivity index (χ0) is 18.7. The first-order valence-corrected chi connectivity index (χ1v) is 9.42. The van der Waals surface area contributed by atoms with Gasteiger partial charge < -0.3 is 5.32 Å². The third-order valence-corrected chi connectivity index (χ3v) is 5.43. The second-order valence-electron chi connectivity index (χ2n) is 5.82. The van der Waals surface area contributed by atoms with Crippen molar-refractivity contribution >= 4 is 32.4 Å². The average molecular weight is 372 g/mol. The largest absolute Gasteiger partial charge is 0.322 e. The van der Waals surface area contributed by atoms with E-state index in [4.69, 9.17) is 0 Å². The fraction of sp³-hybridized carbons (Fsp3) is 0.105. The van der Waals surface area contributed by atoms with E-state index in [0.29, 0.717) is 0 Å². The molecule has 0 aliphatic rings. The number of anilines is 1. The summed E-state index contributed by atoms with van der Waals surface area (Å²) in [7, 11) is -3.90. The maximum absolute atomic E-state index is 13.6. The molecule has 5 nitrogen and oxygen atoms in total. The predicted molar refractivity (Wildman–Crippen MR) is 98.8 cm³/mol. The van der Waals surface area contributed by atoms with E-state index in [-0.39, 0.29) is 10.6 Å². The van der Waals surface area contributed by atoms with Crippen molar-refractivity contribution in [2.75, 3.05) is 5.32 Å². The Morgan fingerprint density at radius 2 is 1.62 bits per heavy atom. The molecular weight excluding hydrogens is 355 g/mol. The van der Waals surface area contributed by atoms with Crippen molar-refractivity contribution in [2.24, 2.45) is 0 Å². The number of carbonyl (C=O) groups excluding carboxylic acids is 1. The van der Waals surface area contributed by atoms with Crippen LogP contribution < -0.4 is 10.0 Å². The summed E-state index contributed by atoms with van der Waals surface area (Å²) in [5.41, 5.74) is -0.00532. The highest BCUT2D eigenvalue weighted by Crippen LogP contribution is 2.19. The number of para-hydroxylation sites is 1. The minimum atomic E-state index is -3.90. The van der Waals surface area contributed by atoms with Crippen molar-refractivity contribution < 1.29 is 17.6 Å².